The van der Waals surface area contributed by atoms with Gasteiger partial charge in [-0.25, -0.2) is 0 Å². The third-order valence-electron chi connectivity index (χ3n) is 5.85. The Morgan fingerprint density at radius 3 is 2.09 bits per heavy atom. The molecule has 4 rings (SSSR count). The van der Waals surface area contributed by atoms with Crippen LogP contribution in [0.5, 0.6) is 5.75 Å². The molecule has 0 amide bonds. The van der Waals surface area contributed by atoms with Gasteiger partial charge in [-0.1, -0.05) is 30.2 Å². The van der Waals surface area contributed by atoms with E-state index in [2.05, 4.69) is 5.32 Å². The van der Waals surface area contributed by atoms with E-state index in [9.17, 15) is 21.6 Å². The number of benzene rings is 2. The number of hydrogen-bond donors (Lipinski definition) is 1. The molecule has 0 radical (unpaired) electrons. The molecule has 0 aromatic heterocycles. The first-order valence-corrected chi connectivity index (χ1v) is 12.8. The quantitative estimate of drug-likeness (QED) is 0.534. The molecular weight excluding hydrogens is 479 g/mol. The second kappa shape index (κ2) is 10.6. The molecule has 2 aromatic rings. The molecular formula is C23H27ClF3NO4S. The van der Waals surface area contributed by atoms with Crippen molar-refractivity contribution in [2.24, 2.45) is 5.92 Å². The summed E-state index contributed by atoms with van der Waals surface area (Å²) in [6, 6.07) is 12.3. The predicted molar refractivity (Wildman–Crippen MR) is 121 cm³/mol. The summed E-state index contributed by atoms with van der Waals surface area (Å²) in [6.45, 7) is 2.62. The lowest BCUT2D eigenvalue weighted by atomic mass is 9.65. The number of halogens is 4. The zero-order valence-corrected chi connectivity index (χ0v) is 19.8. The molecule has 1 N–H and O–H groups in total. The number of nitrogens with one attached hydrogen (secondary N) is 1. The van der Waals surface area contributed by atoms with E-state index < -0.39 is 21.9 Å². The first kappa shape index (κ1) is 25.8. The third kappa shape index (κ3) is 7.60. The normalized spacial score (nSPS) is 17.8. The Hall–Kier alpha value is -1.81. The van der Waals surface area contributed by atoms with E-state index in [0.717, 1.165) is 56.3 Å². The molecule has 5 nitrogen and oxygen atoms in total. The highest BCUT2D eigenvalue weighted by Crippen LogP contribution is 2.44. The minimum Gasteiger partial charge on any atom is -0.493 e. The molecule has 10 heteroatoms. The van der Waals surface area contributed by atoms with Gasteiger partial charge in [-0.05, 0) is 54.8 Å². The average molecular weight is 506 g/mol. The van der Waals surface area contributed by atoms with Crippen molar-refractivity contribution in [2.75, 3.05) is 32.6 Å². The van der Waals surface area contributed by atoms with Gasteiger partial charge in [0.05, 0.1) is 25.0 Å². The molecule has 1 aliphatic heterocycles. The molecule has 0 unspecified atom stereocenters. The lowest BCUT2D eigenvalue weighted by Gasteiger charge is -2.41. The monoisotopic (exact) mass is 505 g/mol. The summed E-state index contributed by atoms with van der Waals surface area (Å²) in [7, 11) is -3.38. The Balaban J connectivity index is 0.000000186. The van der Waals surface area contributed by atoms with E-state index in [0.29, 0.717) is 23.3 Å². The zero-order chi connectivity index (χ0) is 24.1. The summed E-state index contributed by atoms with van der Waals surface area (Å²) >= 11 is 5.85. The summed E-state index contributed by atoms with van der Waals surface area (Å²) in [5, 5.41) is 3.79. The van der Waals surface area contributed by atoms with Gasteiger partial charge in [0.1, 0.15) is 5.75 Å². The van der Waals surface area contributed by atoms with Gasteiger partial charge in [0.2, 0.25) is 0 Å². The third-order valence-corrected chi connectivity index (χ3v) is 6.65. The predicted octanol–water partition coefficient (Wildman–Crippen LogP) is 5.04. The van der Waals surface area contributed by atoms with Crippen LogP contribution in [0.2, 0.25) is 5.02 Å². The van der Waals surface area contributed by atoms with E-state index in [-0.39, 0.29) is 12.0 Å². The SMILES string of the molecule is CS(=O)(=O)OCC1(c2ccc(Cl)cc2)CCC1.FC(F)(F)c1ccc(OCC2CNC2)cc1. The molecule has 1 heterocycles. The molecule has 0 bridgehead atoms. The maximum absolute atomic E-state index is 12.2. The van der Waals surface area contributed by atoms with Gasteiger partial charge < -0.3 is 10.1 Å². The van der Waals surface area contributed by atoms with Crippen molar-refractivity contribution in [3.8, 4) is 5.75 Å². The molecule has 1 aliphatic carbocycles. The second-order valence-corrected chi connectivity index (χ2v) is 10.5. The molecule has 2 aliphatic rings. The maximum Gasteiger partial charge on any atom is 0.416 e. The molecule has 182 valence electrons. The van der Waals surface area contributed by atoms with Crippen molar-refractivity contribution in [2.45, 2.75) is 30.9 Å². The van der Waals surface area contributed by atoms with Crippen LogP contribution in [0.15, 0.2) is 48.5 Å². The van der Waals surface area contributed by atoms with Crippen molar-refractivity contribution < 1.29 is 30.5 Å². The Morgan fingerprint density at radius 2 is 1.67 bits per heavy atom. The lowest BCUT2D eigenvalue weighted by Crippen LogP contribution is -2.45. The molecule has 1 saturated carbocycles. The van der Waals surface area contributed by atoms with Gasteiger partial charge in [0.15, 0.2) is 0 Å². The van der Waals surface area contributed by atoms with E-state index >= 15 is 0 Å². The fraction of sp³-hybridized carbons (Fsp3) is 0.478. The lowest BCUT2D eigenvalue weighted by molar-refractivity contribution is -0.137. The fourth-order valence-corrected chi connectivity index (χ4v) is 4.13. The van der Waals surface area contributed by atoms with E-state index in [1.54, 1.807) is 0 Å². The van der Waals surface area contributed by atoms with Crippen LogP contribution in [-0.4, -0.2) is 41.0 Å². The topological polar surface area (TPSA) is 64.6 Å². The van der Waals surface area contributed by atoms with Crippen LogP contribution < -0.4 is 10.1 Å². The van der Waals surface area contributed by atoms with Crippen LogP contribution in [0.4, 0.5) is 13.2 Å². The highest BCUT2D eigenvalue weighted by Gasteiger charge is 2.39. The van der Waals surface area contributed by atoms with Crippen LogP contribution in [0.25, 0.3) is 0 Å². The minimum atomic E-state index is -4.28. The Kier molecular flexibility index (Phi) is 8.31. The smallest absolute Gasteiger partial charge is 0.416 e. The Morgan fingerprint density at radius 1 is 1.06 bits per heavy atom. The number of hydrogen-bond acceptors (Lipinski definition) is 5. The summed E-state index contributed by atoms with van der Waals surface area (Å²) in [4.78, 5) is 0. The van der Waals surface area contributed by atoms with E-state index in [1.165, 1.54) is 12.1 Å². The standard InChI is InChI=1S/C12H15ClO3S.C11H12F3NO/c1-17(14,15)16-9-12(7-2-8-12)10-3-5-11(13)6-4-10;12-11(13,14)9-1-3-10(4-2-9)16-7-8-5-15-6-8/h3-6H,2,7-9H2,1H3;1-4,8,15H,5-7H2. The first-order chi connectivity index (χ1) is 15.5. The van der Waals surface area contributed by atoms with Crippen LogP contribution in [-0.2, 0) is 25.9 Å². The first-order valence-electron chi connectivity index (χ1n) is 10.6. The van der Waals surface area contributed by atoms with Crippen molar-refractivity contribution in [1.82, 2.24) is 5.32 Å². The number of ether oxygens (including phenoxy) is 1. The zero-order valence-electron chi connectivity index (χ0n) is 18.2. The van der Waals surface area contributed by atoms with Crippen molar-refractivity contribution >= 4 is 21.7 Å². The largest absolute Gasteiger partial charge is 0.493 e. The maximum atomic E-state index is 12.2. The van der Waals surface area contributed by atoms with Gasteiger partial charge in [-0.2, -0.15) is 21.6 Å². The number of rotatable bonds is 7. The molecule has 2 fully saturated rings. The summed E-state index contributed by atoms with van der Waals surface area (Å²) in [6.07, 6.45) is -0.165. The Bertz CT molecular complexity index is 1000. The van der Waals surface area contributed by atoms with Crippen molar-refractivity contribution in [3.63, 3.8) is 0 Å². The van der Waals surface area contributed by atoms with Gasteiger partial charge in [-0.3, -0.25) is 4.18 Å². The van der Waals surface area contributed by atoms with Gasteiger partial charge >= 0.3 is 6.18 Å². The highest BCUT2D eigenvalue weighted by atomic mass is 35.5. The van der Waals surface area contributed by atoms with E-state index in [4.69, 9.17) is 20.5 Å². The Labute approximate surface area is 197 Å². The number of alkyl halides is 3. The van der Waals surface area contributed by atoms with Gasteiger partial charge in [-0.15, -0.1) is 0 Å². The fourth-order valence-electron chi connectivity index (χ4n) is 3.56. The molecule has 0 atom stereocenters. The summed E-state index contributed by atoms with van der Waals surface area (Å²) in [5.41, 5.74) is 0.315. The van der Waals surface area contributed by atoms with Crippen LogP contribution in [0.3, 0.4) is 0 Å². The highest BCUT2D eigenvalue weighted by molar-refractivity contribution is 7.85. The van der Waals surface area contributed by atoms with Crippen molar-refractivity contribution in [1.29, 1.82) is 0 Å². The molecule has 0 spiro atoms. The summed E-state index contributed by atoms with van der Waals surface area (Å²) in [5.74, 6) is 0.960. The van der Waals surface area contributed by atoms with Gasteiger partial charge in [0.25, 0.3) is 10.1 Å². The van der Waals surface area contributed by atoms with Crippen LogP contribution in [0, 0.1) is 5.92 Å². The van der Waals surface area contributed by atoms with Crippen LogP contribution in [0.1, 0.15) is 30.4 Å². The summed E-state index contributed by atoms with van der Waals surface area (Å²) < 4.78 is 69.2. The molecule has 1 saturated heterocycles. The van der Waals surface area contributed by atoms with Gasteiger partial charge in [0, 0.05) is 29.4 Å². The van der Waals surface area contributed by atoms with Crippen molar-refractivity contribution in [3.05, 3.63) is 64.7 Å². The molecule has 33 heavy (non-hydrogen) atoms. The van der Waals surface area contributed by atoms with Crippen LogP contribution >= 0.6 is 11.6 Å². The second-order valence-electron chi connectivity index (χ2n) is 8.46. The van der Waals surface area contributed by atoms with E-state index in [1.807, 2.05) is 24.3 Å². The average Bonchev–Trinajstić information content (AvgIpc) is 2.67. The minimum absolute atomic E-state index is 0.145. The molecule has 2 aromatic carbocycles.